The Kier molecular flexibility index (Phi) is 4.79. The van der Waals surface area contributed by atoms with Gasteiger partial charge in [0.15, 0.2) is 0 Å². The van der Waals surface area contributed by atoms with E-state index in [0.717, 1.165) is 28.6 Å². The summed E-state index contributed by atoms with van der Waals surface area (Å²) in [4.78, 5) is 14.0. The number of aliphatic carboxylic acids is 1. The zero-order valence-electron chi connectivity index (χ0n) is 14.3. The summed E-state index contributed by atoms with van der Waals surface area (Å²) in [6.07, 6.45) is 1.61. The van der Waals surface area contributed by atoms with Crippen LogP contribution in [0.2, 0.25) is 0 Å². The maximum atomic E-state index is 11.9. The van der Waals surface area contributed by atoms with Gasteiger partial charge in [0, 0.05) is 11.0 Å². The molecular weight excluding hydrogens is 390 g/mol. The molecule has 2 unspecified atom stereocenters. The molecule has 3 nitrogen and oxygen atoms in total. The van der Waals surface area contributed by atoms with Crippen LogP contribution in [0.15, 0.2) is 71.2 Å². The molecule has 1 N–H and O–H groups in total. The number of likely N-dealkylation sites (tertiary alicyclic amines) is 1. The number of carbonyl (C=O) groups is 1. The molecule has 1 fully saturated rings. The summed E-state index contributed by atoms with van der Waals surface area (Å²) < 4.78 is 1.01. The number of nitrogens with zero attached hydrogens (tertiary/aromatic N) is 1. The van der Waals surface area contributed by atoms with Gasteiger partial charge in [-0.15, -0.1) is 0 Å². The molecule has 3 aromatic carbocycles. The van der Waals surface area contributed by atoms with E-state index in [0.29, 0.717) is 6.42 Å². The molecule has 0 bridgehead atoms. The first-order valence-corrected chi connectivity index (χ1v) is 9.66. The molecule has 4 rings (SSSR count). The minimum atomic E-state index is -0.734. The van der Waals surface area contributed by atoms with Crippen molar-refractivity contribution in [2.75, 3.05) is 6.54 Å². The minimum absolute atomic E-state index is 0.0813. The van der Waals surface area contributed by atoms with Gasteiger partial charge in [0.1, 0.15) is 6.04 Å². The van der Waals surface area contributed by atoms with E-state index in [1.165, 1.54) is 10.8 Å². The van der Waals surface area contributed by atoms with Gasteiger partial charge in [-0.25, -0.2) is 0 Å². The second-order valence-electron chi connectivity index (χ2n) is 6.76. The normalized spacial score (nSPS) is 18.9. The van der Waals surface area contributed by atoms with Crippen molar-refractivity contribution >= 4 is 32.7 Å². The monoisotopic (exact) mass is 409 g/mol. The summed E-state index contributed by atoms with van der Waals surface area (Å²) in [5.74, 6) is -0.734. The summed E-state index contributed by atoms with van der Waals surface area (Å²) in [5, 5.41) is 12.1. The van der Waals surface area contributed by atoms with Crippen LogP contribution in [0.3, 0.4) is 0 Å². The van der Waals surface area contributed by atoms with Crippen molar-refractivity contribution in [3.8, 4) is 0 Å². The molecule has 0 aliphatic carbocycles. The van der Waals surface area contributed by atoms with Crippen molar-refractivity contribution in [1.82, 2.24) is 4.90 Å². The predicted octanol–water partition coefficient (Wildman–Crippen LogP) is 5.24. The lowest BCUT2D eigenvalue weighted by Gasteiger charge is -2.33. The highest BCUT2D eigenvalue weighted by Crippen LogP contribution is 2.38. The highest BCUT2D eigenvalue weighted by Gasteiger charge is 2.37. The first kappa shape index (κ1) is 17.3. The summed E-state index contributed by atoms with van der Waals surface area (Å²) in [6, 6.07) is 22.3. The Bertz CT molecular complexity index is 950. The number of halogens is 1. The zero-order valence-corrected chi connectivity index (χ0v) is 15.9. The van der Waals surface area contributed by atoms with E-state index in [-0.39, 0.29) is 6.04 Å². The Morgan fingerprint density at radius 2 is 1.85 bits per heavy atom. The van der Waals surface area contributed by atoms with Crippen LogP contribution in [0.4, 0.5) is 0 Å². The lowest BCUT2D eigenvalue weighted by atomic mass is 9.92. The first-order chi connectivity index (χ1) is 12.6. The number of benzene rings is 3. The van der Waals surface area contributed by atoms with Crippen molar-refractivity contribution in [3.05, 3.63) is 82.3 Å². The van der Waals surface area contributed by atoms with E-state index >= 15 is 0 Å². The largest absolute Gasteiger partial charge is 0.480 e. The molecule has 3 aromatic rings. The topological polar surface area (TPSA) is 40.5 Å². The van der Waals surface area contributed by atoms with Crippen LogP contribution < -0.4 is 0 Å². The van der Waals surface area contributed by atoms with Gasteiger partial charge in [-0.3, -0.25) is 9.69 Å². The molecule has 132 valence electrons. The van der Waals surface area contributed by atoms with E-state index in [1.807, 2.05) is 24.3 Å². The summed E-state index contributed by atoms with van der Waals surface area (Å²) in [6.45, 7) is 0.789. The third-order valence-electron chi connectivity index (χ3n) is 5.19. The number of carboxylic acid groups (broad SMARTS) is 1. The Morgan fingerprint density at radius 1 is 1.08 bits per heavy atom. The average molecular weight is 410 g/mol. The number of hydrogen-bond donors (Lipinski definition) is 1. The first-order valence-electron chi connectivity index (χ1n) is 8.87. The van der Waals surface area contributed by atoms with Gasteiger partial charge < -0.3 is 5.11 Å². The molecule has 1 aliphatic rings. The fourth-order valence-corrected chi connectivity index (χ4v) is 4.50. The van der Waals surface area contributed by atoms with E-state index in [9.17, 15) is 9.90 Å². The van der Waals surface area contributed by atoms with Crippen molar-refractivity contribution in [3.63, 3.8) is 0 Å². The van der Waals surface area contributed by atoms with E-state index in [1.54, 1.807) is 0 Å². The quantitative estimate of drug-likeness (QED) is 0.640. The Labute approximate surface area is 161 Å². The smallest absolute Gasteiger partial charge is 0.320 e. The summed E-state index contributed by atoms with van der Waals surface area (Å²) in [5.41, 5.74) is 2.28. The fourth-order valence-electron chi connectivity index (χ4n) is 4.08. The van der Waals surface area contributed by atoms with Gasteiger partial charge in [-0.1, -0.05) is 70.5 Å². The Balaban J connectivity index is 1.92. The number of carboxylic acids is 1. The summed E-state index contributed by atoms with van der Waals surface area (Å²) >= 11 is 3.57. The number of rotatable bonds is 4. The van der Waals surface area contributed by atoms with E-state index in [4.69, 9.17) is 0 Å². The number of fused-ring (bicyclic) bond motifs is 1. The average Bonchev–Trinajstić information content (AvgIpc) is 3.12. The maximum Gasteiger partial charge on any atom is 0.320 e. The van der Waals surface area contributed by atoms with E-state index < -0.39 is 12.0 Å². The third kappa shape index (κ3) is 3.15. The molecular formula is C22H20BrNO2. The van der Waals surface area contributed by atoms with Gasteiger partial charge >= 0.3 is 5.97 Å². The molecule has 1 saturated heterocycles. The van der Waals surface area contributed by atoms with E-state index in [2.05, 4.69) is 63.3 Å². The molecule has 0 amide bonds. The summed E-state index contributed by atoms with van der Waals surface area (Å²) in [7, 11) is 0. The fraction of sp³-hybridized carbons (Fsp3) is 0.227. The lowest BCUT2D eigenvalue weighted by molar-refractivity contribution is -0.142. The maximum absolute atomic E-state index is 11.9. The Hall–Kier alpha value is -2.17. The van der Waals surface area contributed by atoms with Crippen LogP contribution in [0.5, 0.6) is 0 Å². The SMILES string of the molecule is O=C(O)C1CCCN1C(c1cccc(Br)c1)c1cccc2ccccc12. The van der Waals surface area contributed by atoms with Crippen LogP contribution in [0.1, 0.15) is 30.0 Å². The van der Waals surface area contributed by atoms with Crippen LogP contribution in [0.25, 0.3) is 10.8 Å². The second-order valence-corrected chi connectivity index (χ2v) is 7.68. The van der Waals surface area contributed by atoms with Crippen LogP contribution in [-0.4, -0.2) is 28.6 Å². The molecule has 1 heterocycles. The highest BCUT2D eigenvalue weighted by atomic mass is 79.9. The molecule has 2 atom stereocenters. The van der Waals surface area contributed by atoms with Gasteiger partial charge in [-0.2, -0.15) is 0 Å². The van der Waals surface area contributed by atoms with Crippen LogP contribution in [0, 0.1) is 0 Å². The van der Waals surface area contributed by atoms with Gasteiger partial charge in [0.25, 0.3) is 0 Å². The van der Waals surface area contributed by atoms with Gasteiger partial charge in [0.05, 0.1) is 6.04 Å². The van der Waals surface area contributed by atoms with Gasteiger partial charge in [0.2, 0.25) is 0 Å². The van der Waals surface area contributed by atoms with Crippen molar-refractivity contribution in [2.45, 2.75) is 24.9 Å². The number of hydrogen-bond acceptors (Lipinski definition) is 2. The minimum Gasteiger partial charge on any atom is -0.480 e. The molecule has 0 aromatic heterocycles. The van der Waals surface area contributed by atoms with Crippen molar-refractivity contribution < 1.29 is 9.90 Å². The molecule has 0 saturated carbocycles. The lowest BCUT2D eigenvalue weighted by Crippen LogP contribution is -2.39. The third-order valence-corrected chi connectivity index (χ3v) is 5.69. The zero-order chi connectivity index (χ0) is 18.1. The second kappa shape index (κ2) is 7.22. The predicted molar refractivity (Wildman–Crippen MR) is 107 cm³/mol. The van der Waals surface area contributed by atoms with Gasteiger partial charge in [-0.05, 0) is 46.9 Å². The van der Waals surface area contributed by atoms with Crippen LogP contribution in [-0.2, 0) is 4.79 Å². The molecule has 0 spiro atoms. The molecule has 1 aliphatic heterocycles. The molecule has 4 heteroatoms. The van der Waals surface area contributed by atoms with Crippen molar-refractivity contribution in [1.29, 1.82) is 0 Å². The van der Waals surface area contributed by atoms with Crippen molar-refractivity contribution in [2.24, 2.45) is 0 Å². The molecule has 26 heavy (non-hydrogen) atoms. The Morgan fingerprint density at radius 3 is 2.65 bits per heavy atom. The molecule has 0 radical (unpaired) electrons. The standard InChI is InChI=1S/C22H20BrNO2/c23-17-9-3-8-16(14-17)21(24-13-5-12-20(24)22(25)26)19-11-4-7-15-6-1-2-10-18(15)19/h1-4,6-11,14,20-21H,5,12-13H2,(H,25,26). The highest BCUT2D eigenvalue weighted by molar-refractivity contribution is 9.10. The van der Waals surface area contributed by atoms with Crippen LogP contribution >= 0.6 is 15.9 Å².